The van der Waals surface area contributed by atoms with Crippen molar-refractivity contribution in [2.75, 3.05) is 13.1 Å². The highest BCUT2D eigenvalue weighted by atomic mass is 16.4. The summed E-state index contributed by atoms with van der Waals surface area (Å²) in [5.74, 6) is -0.985. The van der Waals surface area contributed by atoms with Crippen molar-refractivity contribution in [2.24, 2.45) is 23.0 Å². The molecule has 0 radical (unpaired) electrons. The summed E-state index contributed by atoms with van der Waals surface area (Å²) >= 11 is 0. The van der Waals surface area contributed by atoms with E-state index in [0.717, 1.165) is 6.42 Å². The number of urea groups is 1. The summed E-state index contributed by atoms with van der Waals surface area (Å²) in [4.78, 5) is 23.1. The average molecular weight is 285 g/mol. The molecule has 1 rings (SSSR count). The van der Waals surface area contributed by atoms with E-state index in [9.17, 15) is 14.7 Å². The molecule has 0 aromatic rings. The molecule has 0 aromatic heterocycles. The lowest BCUT2D eigenvalue weighted by molar-refractivity contribution is -0.150. The van der Waals surface area contributed by atoms with Crippen molar-refractivity contribution < 1.29 is 14.7 Å². The Morgan fingerprint density at radius 2 is 2.00 bits per heavy atom. The summed E-state index contributed by atoms with van der Waals surface area (Å²) in [5, 5.41) is 15.0. The van der Waals surface area contributed by atoms with Gasteiger partial charge >= 0.3 is 12.0 Å². The second kappa shape index (κ2) is 6.92. The fourth-order valence-corrected chi connectivity index (χ4v) is 2.97. The van der Waals surface area contributed by atoms with Crippen molar-refractivity contribution in [3.8, 4) is 0 Å². The molecule has 0 aromatic carbocycles. The molecule has 0 saturated heterocycles. The van der Waals surface area contributed by atoms with E-state index < -0.39 is 5.97 Å². The molecular weight excluding hydrogens is 258 g/mol. The van der Waals surface area contributed by atoms with E-state index in [-0.39, 0.29) is 29.3 Å². The molecule has 6 nitrogen and oxygen atoms in total. The molecule has 2 amide bonds. The zero-order chi connectivity index (χ0) is 15.3. The molecular formula is C14H27N3O3. The van der Waals surface area contributed by atoms with Gasteiger partial charge in [-0.05, 0) is 37.1 Å². The highest BCUT2D eigenvalue weighted by molar-refractivity contribution is 5.74. The van der Waals surface area contributed by atoms with Crippen LogP contribution in [0.4, 0.5) is 4.79 Å². The Labute approximate surface area is 120 Å². The maximum absolute atomic E-state index is 11.8. The number of hydrogen-bond donors (Lipinski definition) is 4. The van der Waals surface area contributed by atoms with Gasteiger partial charge in [0, 0.05) is 12.6 Å². The number of carbonyl (C=O) groups excluding carboxylic acids is 1. The van der Waals surface area contributed by atoms with Crippen LogP contribution < -0.4 is 16.4 Å². The van der Waals surface area contributed by atoms with Crippen LogP contribution in [0, 0.1) is 17.3 Å². The lowest BCUT2D eigenvalue weighted by Crippen LogP contribution is -2.54. The van der Waals surface area contributed by atoms with Gasteiger partial charge in [0.25, 0.3) is 0 Å². The maximum Gasteiger partial charge on any atom is 0.315 e. The minimum atomic E-state index is -0.743. The van der Waals surface area contributed by atoms with Crippen molar-refractivity contribution in [3.63, 3.8) is 0 Å². The van der Waals surface area contributed by atoms with Crippen LogP contribution in [0.1, 0.15) is 40.0 Å². The molecule has 0 heterocycles. The number of rotatable bonds is 5. The number of carboxylic acids is 1. The van der Waals surface area contributed by atoms with Gasteiger partial charge in [0.05, 0.1) is 5.92 Å². The number of aliphatic carboxylic acids is 1. The average Bonchev–Trinajstić information content (AvgIpc) is 2.35. The van der Waals surface area contributed by atoms with Crippen LogP contribution in [0.15, 0.2) is 0 Å². The summed E-state index contributed by atoms with van der Waals surface area (Å²) in [5.41, 5.74) is 5.04. The molecule has 0 bridgehead atoms. The highest BCUT2D eigenvalue weighted by Crippen LogP contribution is 2.44. The van der Waals surface area contributed by atoms with Crippen LogP contribution in [0.5, 0.6) is 0 Å². The Balaban J connectivity index is 2.57. The second-order valence-electron chi connectivity index (χ2n) is 6.23. The monoisotopic (exact) mass is 285 g/mol. The fraction of sp³-hybridized carbons (Fsp3) is 0.857. The molecule has 1 aliphatic rings. The first-order valence-electron chi connectivity index (χ1n) is 7.28. The summed E-state index contributed by atoms with van der Waals surface area (Å²) in [6.45, 7) is 7.06. The van der Waals surface area contributed by atoms with E-state index in [2.05, 4.69) is 10.6 Å². The van der Waals surface area contributed by atoms with Gasteiger partial charge in [0.15, 0.2) is 0 Å². The number of nitrogens with two attached hydrogens (primary N) is 1. The van der Waals surface area contributed by atoms with Gasteiger partial charge < -0.3 is 21.5 Å². The van der Waals surface area contributed by atoms with Crippen LogP contribution in [-0.4, -0.2) is 36.2 Å². The van der Waals surface area contributed by atoms with E-state index in [1.807, 2.05) is 20.8 Å². The van der Waals surface area contributed by atoms with E-state index in [0.29, 0.717) is 25.9 Å². The van der Waals surface area contributed by atoms with Gasteiger partial charge in [-0.1, -0.05) is 20.8 Å². The third-order valence-electron chi connectivity index (χ3n) is 4.72. The van der Waals surface area contributed by atoms with Gasteiger partial charge in [-0.3, -0.25) is 4.79 Å². The fourth-order valence-electron chi connectivity index (χ4n) is 2.97. The number of carboxylic acid groups (broad SMARTS) is 1. The number of amides is 2. The molecule has 20 heavy (non-hydrogen) atoms. The predicted octanol–water partition coefficient (Wildman–Crippen LogP) is 1.16. The lowest BCUT2D eigenvalue weighted by atomic mass is 9.61. The van der Waals surface area contributed by atoms with Crippen molar-refractivity contribution in [2.45, 2.75) is 46.1 Å². The van der Waals surface area contributed by atoms with Crippen molar-refractivity contribution in [3.05, 3.63) is 0 Å². The highest BCUT2D eigenvalue weighted by Gasteiger charge is 2.46. The molecule has 1 fully saturated rings. The topological polar surface area (TPSA) is 104 Å². The van der Waals surface area contributed by atoms with Crippen LogP contribution in [0.2, 0.25) is 0 Å². The standard InChI is InChI=1S/C14H27N3O3/c1-9-11(17-13(20)16-8-4-7-15)6-5-10(12(18)19)14(9,2)3/h9-11H,4-8,15H2,1-3H3,(H,18,19)(H2,16,17,20). The Morgan fingerprint density at radius 3 is 2.55 bits per heavy atom. The second-order valence-corrected chi connectivity index (χ2v) is 6.23. The Bertz CT molecular complexity index is 358. The van der Waals surface area contributed by atoms with Gasteiger partial charge in [-0.15, -0.1) is 0 Å². The van der Waals surface area contributed by atoms with Crippen LogP contribution in [0.25, 0.3) is 0 Å². The normalized spacial score (nSPS) is 28.7. The summed E-state index contributed by atoms with van der Waals surface area (Å²) < 4.78 is 0. The minimum Gasteiger partial charge on any atom is -0.481 e. The van der Waals surface area contributed by atoms with Crippen molar-refractivity contribution >= 4 is 12.0 Å². The number of hydrogen-bond acceptors (Lipinski definition) is 3. The minimum absolute atomic E-state index is 0.0125. The number of carbonyl (C=O) groups is 2. The molecule has 0 spiro atoms. The van der Waals surface area contributed by atoms with E-state index in [1.54, 1.807) is 0 Å². The summed E-state index contributed by atoms with van der Waals surface area (Å²) in [6.07, 6.45) is 2.05. The molecule has 116 valence electrons. The first-order valence-corrected chi connectivity index (χ1v) is 7.28. The zero-order valence-electron chi connectivity index (χ0n) is 12.6. The Kier molecular flexibility index (Phi) is 5.80. The molecule has 3 unspecified atom stereocenters. The van der Waals surface area contributed by atoms with Crippen LogP contribution in [0.3, 0.4) is 0 Å². The van der Waals surface area contributed by atoms with Gasteiger partial charge in [-0.25, -0.2) is 4.79 Å². The zero-order valence-corrected chi connectivity index (χ0v) is 12.6. The molecule has 6 heteroatoms. The summed E-state index contributed by atoms with van der Waals surface area (Å²) in [7, 11) is 0. The van der Waals surface area contributed by atoms with Crippen molar-refractivity contribution in [1.29, 1.82) is 0 Å². The van der Waals surface area contributed by atoms with Crippen LogP contribution >= 0.6 is 0 Å². The SMILES string of the molecule is CC1C(NC(=O)NCCCN)CCC(C(=O)O)C1(C)C. The first kappa shape index (κ1) is 16.8. The van der Waals surface area contributed by atoms with E-state index in [1.165, 1.54) is 0 Å². The Morgan fingerprint density at radius 1 is 1.35 bits per heavy atom. The predicted molar refractivity (Wildman–Crippen MR) is 77.3 cm³/mol. The van der Waals surface area contributed by atoms with Crippen molar-refractivity contribution in [1.82, 2.24) is 10.6 Å². The molecule has 3 atom stereocenters. The third kappa shape index (κ3) is 3.85. The molecule has 1 saturated carbocycles. The Hall–Kier alpha value is -1.30. The van der Waals surface area contributed by atoms with E-state index in [4.69, 9.17) is 5.73 Å². The van der Waals surface area contributed by atoms with Gasteiger partial charge in [0.1, 0.15) is 0 Å². The lowest BCUT2D eigenvalue weighted by Gasteiger charge is -2.46. The molecule has 5 N–H and O–H groups in total. The first-order chi connectivity index (χ1) is 9.30. The molecule has 1 aliphatic carbocycles. The maximum atomic E-state index is 11.8. The third-order valence-corrected chi connectivity index (χ3v) is 4.72. The van der Waals surface area contributed by atoms with Crippen LogP contribution in [-0.2, 0) is 4.79 Å². The quantitative estimate of drug-likeness (QED) is 0.569. The number of nitrogens with one attached hydrogen (secondary N) is 2. The van der Waals surface area contributed by atoms with Gasteiger partial charge in [-0.2, -0.15) is 0 Å². The van der Waals surface area contributed by atoms with E-state index >= 15 is 0 Å². The largest absolute Gasteiger partial charge is 0.481 e. The van der Waals surface area contributed by atoms with Gasteiger partial charge in [0.2, 0.25) is 0 Å². The smallest absolute Gasteiger partial charge is 0.315 e. The molecule has 0 aliphatic heterocycles. The summed E-state index contributed by atoms with van der Waals surface area (Å²) in [6, 6.07) is -0.182.